The van der Waals surface area contributed by atoms with E-state index >= 15 is 0 Å². The summed E-state index contributed by atoms with van der Waals surface area (Å²) < 4.78 is 13.0. The molecule has 1 aliphatic heterocycles. The Hall–Kier alpha value is -0.190. The Morgan fingerprint density at radius 3 is 2.44 bits per heavy atom. The van der Waals surface area contributed by atoms with Gasteiger partial charge in [-0.25, -0.2) is 4.39 Å². The zero-order chi connectivity index (χ0) is 13.1. The van der Waals surface area contributed by atoms with E-state index in [1.54, 1.807) is 12.1 Å². The van der Waals surface area contributed by atoms with E-state index in [-0.39, 0.29) is 5.82 Å². The van der Waals surface area contributed by atoms with E-state index in [2.05, 4.69) is 19.2 Å². The van der Waals surface area contributed by atoms with E-state index in [1.807, 2.05) is 42.7 Å². The van der Waals surface area contributed by atoms with Gasteiger partial charge in [-0.15, -0.1) is 0 Å². The van der Waals surface area contributed by atoms with Gasteiger partial charge in [0.15, 0.2) is 0 Å². The van der Waals surface area contributed by atoms with E-state index in [9.17, 15) is 4.39 Å². The van der Waals surface area contributed by atoms with Crippen LogP contribution in [-0.2, 0) is 0 Å². The first-order valence-electron chi connectivity index (χ1n) is 6.31. The third-order valence-electron chi connectivity index (χ3n) is 3.49. The van der Waals surface area contributed by atoms with Gasteiger partial charge in [0.25, 0.3) is 0 Å². The van der Waals surface area contributed by atoms with Crippen LogP contribution in [0.1, 0.15) is 25.5 Å². The molecule has 0 aromatic heterocycles. The standard InChI is InChI=1S/C14H20FNS2/c1-9-10(2)18-13(8-17-9)14(16-3)11-4-6-12(15)7-5-11/h4-7,9-10,13-14,16H,8H2,1-3H3. The molecule has 0 saturated carbocycles. The lowest BCUT2D eigenvalue weighted by Gasteiger charge is -2.36. The predicted octanol–water partition coefficient (Wildman–Crippen LogP) is 3.71. The van der Waals surface area contributed by atoms with E-state index in [0.717, 1.165) is 11.0 Å². The molecular formula is C14H20FNS2. The van der Waals surface area contributed by atoms with Crippen LogP contribution in [0.15, 0.2) is 24.3 Å². The van der Waals surface area contributed by atoms with Gasteiger partial charge in [0.1, 0.15) is 5.82 Å². The highest BCUT2D eigenvalue weighted by Gasteiger charge is 2.31. The van der Waals surface area contributed by atoms with Crippen molar-refractivity contribution in [3.8, 4) is 0 Å². The Morgan fingerprint density at radius 1 is 1.22 bits per heavy atom. The molecule has 0 spiro atoms. The summed E-state index contributed by atoms with van der Waals surface area (Å²) in [7, 11) is 1.99. The second kappa shape index (κ2) is 6.31. The number of nitrogens with one attached hydrogen (secondary N) is 1. The molecule has 100 valence electrons. The zero-order valence-electron chi connectivity index (χ0n) is 11.0. The molecule has 0 bridgehead atoms. The lowest BCUT2D eigenvalue weighted by molar-refractivity contribution is 0.582. The van der Waals surface area contributed by atoms with E-state index in [4.69, 9.17) is 0 Å². The lowest BCUT2D eigenvalue weighted by atomic mass is 10.0. The maximum Gasteiger partial charge on any atom is 0.123 e. The van der Waals surface area contributed by atoms with Crippen LogP contribution in [-0.4, -0.2) is 28.6 Å². The number of hydrogen-bond acceptors (Lipinski definition) is 3. The summed E-state index contributed by atoms with van der Waals surface area (Å²) in [6, 6.07) is 7.19. The fourth-order valence-electron chi connectivity index (χ4n) is 2.22. The Morgan fingerprint density at radius 2 is 1.89 bits per heavy atom. The third kappa shape index (κ3) is 3.22. The Labute approximate surface area is 117 Å². The van der Waals surface area contributed by atoms with Gasteiger partial charge in [-0.05, 0) is 24.7 Å². The zero-order valence-corrected chi connectivity index (χ0v) is 12.7. The van der Waals surface area contributed by atoms with Gasteiger partial charge in [-0.3, -0.25) is 0 Å². The molecule has 1 aromatic carbocycles. The minimum absolute atomic E-state index is 0.165. The summed E-state index contributed by atoms with van der Waals surface area (Å²) in [5, 5.41) is 5.33. The summed E-state index contributed by atoms with van der Waals surface area (Å²) in [5.74, 6) is 0.986. The van der Waals surface area contributed by atoms with Crippen molar-refractivity contribution in [3.63, 3.8) is 0 Å². The van der Waals surface area contributed by atoms with E-state index < -0.39 is 0 Å². The fraction of sp³-hybridized carbons (Fsp3) is 0.571. The SMILES string of the molecule is CNC(c1ccc(F)cc1)C1CSC(C)C(C)S1. The van der Waals surface area contributed by atoms with Crippen molar-refractivity contribution in [1.29, 1.82) is 0 Å². The van der Waals surface area contributed by atoms with Crippen LogP contribution in [0.3, 0.4) is 0 Å². The lowest BCUT2D eigenvalue weighted by Crippen LogP contribution is -2.35. The summed E-state index contributed by atoms with van der Waals surface area (Å²) in [6.07, 6.45) is 0. The van der Waals surface area contributed by atoms with Crippen molar-refractivity contribution in [3.05, 3.63) is 35.6 Å². The van der Waals surface area contributed by atoms with Gasteiger partial charge in [0, 0.05) is 27.5 Å². The number of halogens is 1. The molecule has 4 unspecified atom stereocenters. The van der Waals surface area contributed by atoms with Crippen molar-refractivity contribution in [1.82, 2.24) is 5.32 Å². The van der Waals surface area contributed by atoms with Crippen molar-refractivity contribution in [2.45, 2.75) is 35.6 Å². The first kappa shape index (κ1) is 14.2. The Kier molecular flexibility index (Phi) is 4.98. The summed E-state index contributed by atoms with van der Waals surface area (Å²) in [4.78, 5) is 0. The molecule has 1 heterocycles. The molecule has 2 rings (SSSR count). The quantitative estimate of drug-likeness (QED) is 0.909. The maximum absolute atomic E-state index is 13.0. The number of rotatable bonds is 3. The van der Waals surface area contributed by atoms with Crippen molar-refractivity contribution in [2.75, 3.05) is 12.8 Å². The Bertz CT molecular complexity index is 382. The molecule has 1 aliphatic rings. The third-order valence-corrected chi connectivity index (χ3v) is 6.98. The van der Waals surface area contributed by atoms with Crippen LogP contribution < -0.4 is 5.32 Å². The molecule has 1 saturated heterocycles. The average molecular weight is 285 g/mol. The van der Waals surface area contributed by atoms with Gasteiger partial charge in [-0.2, -0.15) is 23.5 Å². The molecular weight excluding hydrogens is 265 g/mol. The number of thioether (sulfide) groups is 2. The van der Waals surface area contributed by atoms with Gasteiger partial charge in [-0.1, -0.05) is 26.0 Å². The number of hydrogen-bond donors (Lipinski definition) is 1. The summed E-state index contributed by atoms with van der Waals surface area (Å²) >= 11 is 4.09. The number of benzene rings is 1. The van der Waals surface area contributed by atoms with Crippen molar-refractivity contribution >= 4 is 23.5 Å². The Balaban J connectivity index is 2.11. The van der Waals surface area contributed by atoms with Crippen molar-refractivity contribution < 1.29 is 4.39 Å². The van der Waals surface area contributed by atoms with E-state index in [1.165, 1.54) is 5.56 Å². The molecule has 0 amide bonds. The van der Waals surface area contributed by atoms with Gasteiger partial charge < -0.3 is 5.32 Å². The van der Waals surface area contributed by atoms with Gasteiger partial charge in [0.2, 0.25) is 0 Å². The van der Waals surface area contributed by atoms with Crippen LogP contribution in [0, 0.1) is 5.82 Å². The molecule has 18 heavy (non-hydrogen) atoms. The molecule has 0 radical (unpaired) electrons. The van der Waals surface area contributed by atoms with Gasteiger partial charge >= 0.3 is 0 Å². The second-order valence-electron chi connectivity index (χ2n) is 4.74. The summed E-state index contributed by atoms with van der Waals surface area (Å²) in [5.41, 5.74) is 1.18. The molecule has 1 aromatic rings. The molecule has 0 aliphatic carbocycles. The monoisotopic (exact) mass is 285 g/mol. The minimum Gasteiger partial charge on any atom is -0.312 e. The second-order valence-corrected chi connectivity index (χ2v) is 7.77. The molecule has 1 fully saturated rings. The van der Waals surface area contributed by atoms with Crippen molar-refractivity contribution in [2.24, 2.45) is 0 Å². The molecule has 4 atom stereocenters. The highest BCUT2D eigenvalue weighted by Crippen LogP contribution is 2.40. The molecule has 4 heteroatoms. The minimum atomic E-state index is -0.165. The van der Waals surface area contributed by atoms with Gasteiger partial charge in [0.05, 0.1) is 0 Å². The topological polar surface area (TPSA) is 12.0 Å². The maximum atomic E-state index is 13.0. The smallest absolute Gasteiger partial charge is 0.123 e. The predicted molar refractivity (Wildman–Crippen MR) is 81.0 cm³/mol. The summed E-state index contributed by atoms with van der Waals surface area (Å²) in [6.45, 7) is 4.59. The molecule has 1 N–H and O–H groups in total. The van der Waals surface area contributed by atoms with E-state index in [0.29, 0.717) is 16.5 Å². The van der Waals surface area contributed by atoms with Crippen LogP contribution in [0.2, 0.25) is 0 Å². The molecule has 1 nitrogen and oxygen atoms in total. The first-order valence-corrected chi connectivity index (χ1v) is 8.30. The first-order chi connectivity index (χ1) is 8.61. The van der Waals surface area contributed by atoms with Crippen LogP contribution in [0.5, 0.6) is 0 Å². The van der Waals surface area contributed by atoms with Crippen LogP contribution in [0.4, 0.5) is 4.39 Å². The fourth-order valence-corrected chi connectivity index (χ4v) is 5.38. The van der Waals surface area contributed by atoms with Crippen LogP contribution >= 0.6 is 23.5 Å². The highest BCUT2D eigenvalue weighted by atomic mass is 32.2. The largest absolute Gasteiger partial charge is 0.312 e. The highest BCUT2D eigenvalue weighted by molar-refractivity contribution is 8.07. The van der Waals surface area contributed by atoms with Crippen LogP contribution in [0.25, 0.3) is 0 Å². The normalized spacial score (nSPS) is 30.1. The average Bonchev–Trinajstić information content (AvgIpc) is 2.37.